The molecule has 0 saturated heterocycles. The number of carbonyl (C=O) groups is 1. The van der Waals surface area contributed by atoms with Crippen molar-refractivity contribution in [1.82, 2.24) is 5.32 Å². The Morgan fingerprint density at radius 1 is 1.65 bits per heavy atom. The summed E-state index contributed by atoms with van der Waals surface area (Å²) in [6.07, 6.45) is 7.17. The molecule has 0 aromatic carbocycles. The maximum atomic E-state index is 12.2. The van der Waals surface area contributed by atoms with Gasteiger partial charge in [0.25, 0.3) is 0 Å². The minimum atomic E-state index is -0.369. The summed E-state index contributed by atoms with van der Waals surface area (Å²) < 4.78 is 5.10. The highest BCUT2D eigenvalue weighted by Crippen LogP contribution is 2.35. The predicted octanol–water partition coefficient (Wildman–Crippen LogP) is 2.42. The molecule has 0 bridgehead atoms. The van der Waals surface area contributed by atoms with Gasteiger partial charge in [0.15, 0.2) is 5.78 Å². The third kappa shape index (κ3) is 3.07. The zero-order chi connectivity index (χ0) is 13.1. The lowest BCUT2D eigenvalue weighted by molar-refractivity contribution is -0.132. The quantitative estimate of drug-likeness (QED) is 0.795. The molecule has 0 aromatic heterocycles. The van der Waals surface area contributed by atoms with Crippen molar-refractivity contribution in [1.29, 1.82) is 0 Å². The van der Waals surface area contributed by atoms with Gasteiger partial charge in [-0.25, -0.2) is 0 Å². The molecule has 2 unspecified atom stereocenters. The highest BCUT2D eigenvalue weighted by Gasteiger charge is 2.35. The van der Waals surface area contributed by atoms with Crippen LogP contribution in [-0.4, -0.2) is 19.0 Å². The van der Waals surface area contributed by atoms with Gasteiger partial charge >= 0.3 is 0 Å². The number of ether oxygens (including phenoxy) is 1. The summed E-state index contributed by atoms with van der Waals surface area (Å²) >= 11 is 0. The first kappa shape index (κ1) is 13.7. The fourth-order valence-electron chi connectivity index (χ4n) is 2.02. The van der Waals surface area contributed by atoms with E-state index in [0.717, 1.165) is 5.70 Å². The van der Waals surface area contributed by atoms with Gasteiger partial charge in [-0.2, -0.15) is 0 Å². The van der Waals surface area contributed by atoms with Crippen LogP contribution in [0, 0.1) is 11.3 Å². The van der Waals surface area contributed by atoms with Crippen molar-refractivity contribution in [2.45, 2.75) is 26.9 Å². The molecule has 0 aromatic rings. The average molecular weight is 235 g/mol. The van der Waals surface area contributed by atoms with Crippen LogP contribution in [0.15, 0.2) is 36.7 Å². The van der Waals surface area contributed by atoms with Gasteiger partial charge in [0.2, 0.25) is 0 Å². The lowest BCUT2D eigenvalue weighted by Gasteiger charge is -2.33. The second kappa shape index (κ2) is 5.32. The summed E-state index contributed by atoms with van der Waals surface area (Å²) in [4.78, 5) is 12.2. The number of hydrogen-bond donors (Lipinski definition) is 1. The largest absolute Gasteiger partial charge is 0.374 e. The van der Waals surface area contributed by atoms with Gasteiger partial charge in [-0.1, -0.05) is 32.6 Å². The van der Waals surface area contributed by atoms with Crippen LogP contribution < -0.4 is 5.32 Å². The number of hydrogen-bond acceptors (Lipinski definition) is 3. The molecule has 94 valence electrons. The summed E-state index contributed by atoms with van der Waals surface area (Å²) in [6.45, 7) is 9.51. The van der Waals surface area contributed by atoms with Crippen LogP contribution in [0.25, 0.3) is 0 Å². The Bertz CT molecular complexity index is 366. The molecule has 3 nitrogen and oxygen atoms in total. The number of rotatable bonds is 5. The Balaban J connectivity index is 2.90. The van der Waals surface area contributed by atoms with E-state index in [-0.39, 0.29) is 23.2 Å². The molecular formula is C14H21NO2. The standard InChI is InChI=1S/C14H21NO2/c1-6-15-11-7-8-12(14(3,4)9-11)13(16)10(2)17-5/h6-10,12,15H,1H2,2-5H3. The van der Waals surface area contributed by atoms with Gasteiger partial charge in [0, 0.05) is 18.7 Å². The smallest absolute Gasteiger partial charge is 0.168 e. The molecule has 1 aliphatic rings. The molecule has 0 heterocycles. The summed E-state index contributed by atoms with van der Waals surface area (Å²) in [6, 6.07) is 0. The lowest BCUT2D eigenvalue weighted by Crippen LogP contribution is -2.37. The highest BCUT2D eigenvalue weighted by atomic mass is 16.5. The predicted molar refractivity (Wildman–Crippen MR) is 69.3 cm³/mol. The van der Waals surface area contributed by atoms with E-state index >= 15 is 0 Å². The normalized spacial score (nSPS) is 23.8. The molecule has 0 radical (unpaired) electrons. The maximum absolute atomic E-state index is 12.2. The van der Waals surface area contributed by atoms with Crippen LogP contribution >= 0.6 is 0 Å². The molecule has 17 heavy (non-hydrogen) atoms. The van der Waals surface area contributed by atoms with Gasteiger partial charge < -0.3 is 10.1 Å². The second-order valence-electron chi connectivity index (χ2n) is 4.89. The molecule has 1 aliphatic carbocycles. The number of carbonyl (C=O) groups excluding carboxylic acids is 1. The Hall–Kier alpha value is -1.35. The molecule has 0 spiro atoms. The summed E-state index contributed by atoms with van der Waals surface area (Å²) in [7, 11) is 1.56. The van der Waals surface area contributed by atoms with E-state index in [9.17, 15) is 4.79 Å². The SMILES string of the molecule is C=CNC1=CC(C)(C)C(C(=O)C(C)OC)C=C1. The first-order valence-corrected chi connectivity index (χ1v) is 5.77. The van der Waals surface area contributed by atoms with Crippen LogP contribution in [0.4, 0.5) is 0 Å². The molecule has 0 amide bonds. The maximum Gasteiger partial charge on any atom is 0.168 e. The minimum absolute atomic E-state index is 0.114. The summed E-state index contributed by atoms with van der Waals surface area (Å²) in [5, 5.41) is 3.04. The topological polar surface area (TPSA) is 38.3 Å². The van der Waals surface area contributed by atoms with Crippen LogP contribution in [0.1, 0.15) is 20.8 Å². The monoisotopic (exact) mass is 235 g/mol. The van der Waals surface area contributed by atoms with Crippen molar-refractivity contribution in [2.24, 2.45) is 11.3 Å². The average Bonchev–Trinajstić information content (AvgIpc) is 2.26. The van der Waals surface area contributed by atoms with E-state index in [1.165, 1.54) is 0 Å². The van der Waals surface area contributed by atoms with Crippen LogP contribution in [-0.2, 0) is 9.53 Å². The Labute approximate surface area is 103 Å². The van der Waals surface area contributed by atoms with Gasteiger partial charge in [-0.05, 0) is 24.6 Å². The summed E-state index contributed by atoms with van der Waals surface area (Å²) in [5.41, 5.74) is 0.753. The third-order valence-corrected chi connectivity index (χ3v) is 3.13. The summed E-state index contributed by atoms with van der Waals surface area (Å²) in [5.74, 6) is -0.0320. The fourth-order valence-corrected chi connectivity index (χ4v) is 2.02. The first-order chi connectivity index (χ1) is 7.92. The molecule has 2 atom stereocenters. The van der Waals surface area contributed by atoms with Crippen molar-refractivity contribution < 1.29 is 9.53 Å². The van der Waals surface area contributed by atoms with E-state index in [1.807, 2.05) is 26.0 Å². The second-order valence-corrected chi connectivity index (χ2v) is 4.89. The first-order valence-electron chi connectivity index (χ1n) is 5.77. The van der Waals surface area contributed by atoms with Crippen molar-refractivity contribution in [2.75, 3.05) is 7.11 Å². The number of nitrogens with one attached hydrogen (secondary N) is 1. The third-order valence-electron chi connectivity index (χ3n) is 3.13. The number of Topliss-reactive ketones (excluding diaryl/α,β-unsaturated/α-hetero) is 1. The molecule has 1 rings (SSSR count). The van der Waals surface area contributed by atoms with Crippen molar-refractivity contribution >= 4 is 5.78 Å². The van der Waals surface area contributed by atoms with Gasteiger partial charge in [0.1, 0.15) is 6.10 Å². The van der Waals surface area contributed by atoms with E-state index in [2.05, 4.69) is 18.0 Å². The van der Waals surface area contributed by atoms with E-state index in [1.54, 1.807) is 20.2 Å². The number of methoxy groups -OCH3 is 1. The van der Waals surface area contributed by atoms with E-state index in [0.29, 0.717) is 0 Å². The Kier molecular flexibility index (Phi) is 4.29. The minimum Gasteiger partial charge on any atom is -0.374 e. The molecular weight excluding hydrogens is 214 g/mol. The number of allylic oxidation sites excluding steroid dienone is 3. The van der Waals surface area contributed by atoms with Crippen LogP contribution in [0.5, 0.6) is 0 Å². The van der Waals surface area contributed by atoms with Crippen molar-refractivity contribution in [3.63, 3.8) is 0 Å². The molecule has 0 fully saturated rings. The Morgan fingerprint density at radius 2 is 2.29 bits per heavy atom. The van der Waals surface area contributed by atoms with Gasteiger partial charge in [-0.3, -0.25) is 4.79 Å². The van der Waals surface area contributed by atoms with E-state index in [4.69, 9.17) is 4.74 Å². The van der Waals surface area contributed by atoms with Crippen LogP contribution in [0.2, 0.25) is 0 Å². The number of ketones is 1. The fraction of sp³-hybridized carbons (Fsp3) is 0.500. The molecule has 0 aliphatic heterocycles. The molecule has 0 saturated carbocycles. The van der Waals surface area contributed by atoms with Gasteiger partial charge in [0.05, 0.1) is 0 Å². The lowest BCUT2D eigenvalue weighted by atomic mass is 9.72. The molecule has 3 heteroatoms. The van der Waals surface area contributed by atoms with Crippen LogP contribution in [0.3, 0.4) is 0 Å². The van der Waals surface area contributed by atoms with Crippen molar-refractivity contribution in [3.05, 3.63) is 36.7 Å². The zero-order valence-corrected chi connectivity index (χ0v) is 11.0. The van der Waals surface area contributed by atoms with E-state index < -0.39 is 0 Å². The van der Waals surface area contributed by atoms with Gasteiger partial charge in [-0.15, -0.1) is 0 Å². The Morgan fingerprint density at radius 3 is 2.76 bits per heavy atom. The molecule has 1 N–H and O–H groups in total. The highest BCUT2D eigenvalue weighted by molar-refractivity contribution is 5.88. The van der Waals surface area contributed by atoms with Crippen molar-refractivity contribution in [3.8, 4) is 0 Å². The zero-order valence-electron chi connectivity index (χ0n) is 11.0.